The highest BCUT2D eigenvalue weighted by atomic mass is 79.9. The quantitative estimate of drug-likeness (QED) is 0.682. The number of hydrogen-bond donors (Lipinski definition) is 0. The fourth-order valence-corrected chi connectivity index (χ4v) is 2.45. The van der Waals surface area contributed by atoms with E-state index in [1.165, 1.54) is 0 Å². The zero-order valence-electron chi connectivity index (χ0n) is 8.36. The zero-order chi connectivity index (χ0) is 11.2. The predicted octanol–water partition coefficient (Wildman–Crippen LogP) is 1.82. The number of ether oxygens (including phenoxy) is 3. The van der Waals surface area contributed by atoms with Gasteiger partial charge in [-0.05, 0) is 18.2 Å². The molecular formula is C11H9BrO4. The van der Waals surface area contributed by atoms with Crippen LogP contribution in [0.3, 0.4) is 0 Å². The van der Waals surface area contributed by atoms with E-state index < -0.39 is 5.60 Å². The first-order chi connectivity index (χ1) is 7.71. The third-order valence-corrected chi connectivity index (χ3v) is 3.31. The van der Waals surface area contributed by atoms with E-state index in [1.807, 2.05) is 12.1 Å². The number of halogens is 1. The molecule has 1 aromatic rings. The molecule has 0 saturated carbocycles. The second-order valence-corrected chi connectivity index (χ2v) is 4.80. The summed E-state index contributed by atoms with van der Waals surface area (Å²) in [6.07, 6.45) is 0. The van der Waals surface area contributed by atoms with E-state index in [9.17, 15) is 4.79 Å². The van der Waals surface area contributed by atoms with Gasteiger partial charge in [0, 0.05) is 10.0 Å². The summed E-state index contributed by atoms with van der Waals surface area (Å²) in [7, 11) is 0. The van der Waals surface area contributed by atoms with Gasteiger partial charge in [-0.3, -0.25) is 0 Å². The van der Waals surface area contributed by atoms with E-state index in [-0.39, 0.29) is 12.8 Å². The van der Waals surface area contributed by atoms with Crippen LogP contribution in [0.4, 0.5) is 0 Å². The van der Waals surface area contributed by atoms with Crippen LogP contribution < -0.4 is 0 Å². The van der Waals surface area contributed by atoms with Crippen molar-refractivity contribution in [2.75, 3.05) is 20.0 Å². The Morgan fingerprint density at radius 1 is 1.25 bits per heavy atom. The molecule has 2 aliphatic rings. The Balaban J connectivity index is 2.12. The Kier molecular flexibility index (Phi) is 2.27. The molecule has 84 valence electrons. The van der Waals surface area contributed by atoms with Crippen molar-refractivity contribution in [3.8, 4) is 0 Å². The van der Waals surface area contributed by atoms with E-state index in [0.717, 1.165) is 10.0 Å². The summed E-state index contributed by atoms with van der Waals surface area (Å²) in [5.74, 6) is -0.309. The maximum Gasteiger partial charge on any atom is 0.339 e. The lowest BCUT2D eigenvalue weighted by Crippen LogP contribution is -2.41. The Labute approximate surface area is 101 Å². The summed E-state index contributed by atoms with van der Waals surface area (Å²) in [5, 5.41) is 0. The highest BCUT2D eigenvalue weighted by Crippen LogP contribution is 2.39. The second-order valence-electron chi connectivity index (χ2n) is 3.89. The van der Waals surface area contributed by atoms with Crippen molar-refractivity contribution in [2.45, 2.75) is 5.60 Å². The van der Waals surface area contributed by atoms with E-state index in [4.69, 9.17) is 14.2 Å². The molecular weight excluding hydrogens is 276 g/mol. The molecule has 5 heteroatoms. The van der Waals surface area contributed by atoms with Gasteiger partial charge >= 0.3 is 5.97 Å². The molecule has 1 spiro atoms. The Hall–Kier alpha value is -0.910. The summed E-state index contributed by atoms with van der Waals surface area (Å²) in [6, 6.07) is 5.47. The molecule has 2 heterocycles. The van der Waals surface area contributed by atoms with Gasteiger partial charge in [-0.25, -0.2) is 4.79 Å². The molecule has 3 rings (SSSR count). The van der Waals surface area contributed by atoms with Gasteiger partial charge in [0.1, 0.15) is 6.79 Å². The van der Waals surface area contributed by atoms with Crippen molar-refractivity contribution in [1.29, 1.82) is 0 Å². The van der Waals surface area contributed by atoms with Gasteiger partial charge < -0.3 is 14.2 Å². The SMILES string of the molecule is O=C1OC2(COCOC2)c2cc(Br)ccc21. The Bertz CT molecular complexity index is 451. The van der Waals surface area contributed by atoms with Crippen LogP contribution in [0.5, 0.6) is 0 Å². The first kappa shape index (κ1) is 10.3. The first-order valence-electron chi connectivity index (χ1n) is 4.90. The van der Waals surface area contributed by atoms with Crippen LogP contribution in [-0.4, -0.2) is 26.0 Å². The topological polar surface area (TPSA) is 44.8 Å². The van der Waals surface area contributed by atoms with Gasteiger partial charge in [0.15, 0.2) is 5.60 Å². The Morgan fingerprint density at radius 2 is 2.00 bits per heavy atom. The van der Waals surface area contributed by atoms with Crippen molar-refractivity contribution >= 4 is 21.9 Å². The van der Waals surface area contributed by atoms with Crippen LogP contribution in [-0.2, 0) is 19.8 Å². The van der Waals surface area contributed by atoms with Crippen molar-refractivity contribution in [1.82, 2.24) is 0 Å². The first-order valence-corrected chi connectivity index (χ1v) is 5.69. The molecule has 0 N–H and O–H groups in total. The lowest BCUT2D eigenvalue weighted by Gasteiger charge is -2.32. The van der Waals surface area contributed by atoms with E-state index in [2.05, 4.69) is 15.9 Å². The van der Waals surface area contributed by atoms with Crippen LogP contribution in [0, 0.1) is 0 Å². The van der Waals surface area contributed by atoms with Gasteiger partial charge in [-0.1, -0.05) is 15.9 Å². The smallest absolute Gasteiger partial charge is 0.339 e. The van der Waals surface area contributed by atoms with Crippen molar-refractivity contribution in [3.05, 3.63) is 33.8 Å². The standard InChI is InChI=1S/C11H9BrO4/c12-7-1-2-8-9(3-7)11(16-10(8)13)4-14-6-15-5-11/h1-3H,4-6H2. The molecule has 0 amide bonds. The fraction of sp³-hybridized carbons (Fsp3) is 0.364. The summed E-state index contributed by atoms with van der Waals surface area (Å²) in [4.78, 5) is 11.7. The minimum atomic E-state index is -0.756. The van der Waals surface area contributed by atoms with Crippen LogP contribution in [0.25, 0.3) is 0 Å². The van der Waals surface area contributed by atoms with Gasteiger partial charge in [0.25, 0.3) is 0 Å². The van der Waals surface area contributed by atoms with Crippen LogP contribution in [0.1, 0.15) is 15.9 Å². The van der Waals surface area contributed by atoms with Gasteiger partial charge in [-0.15, -0.1) is 0 Å². The third-order valence-electron chi connectivity index (χ3n) is 2.82. The summed E-state index contributed by atoms with van der Waals surface area (Å²) in [5.41, 5.74) is 0.679. The summed E-state index contributed by atoms with van der Waals surface area (Å²) in [6.45, 7) is 0.951. The maximum absolute atomic E-state index is 11.7. The molecule has 0 aromatic heterocycles. The third kappa shape index (κ3) is 1.39. The number of benzene rings is 1. The molecule has 16 heavy (non-hydrogen) atoms. The average molecular weight is 285 g/mol. The van der Waals surface area contributed by atoms with Gasteiger partial charge in [0.05, 0.1) is 18.8 Å². The number of rotatable bonds is 0. The normalized spacial score (nSPS) is 21.9. The van der Waals surface area contributed by atoms with Crippen molar-refractivity contribution < 1.29 is 19.0 Å². The molecule has 0 bridgehead atoms. The predicted molar refractivity (Wildman–Crippen MR) is 58.0 cm³/mol. The number of carbonyl (C=O) groups is 1. The number of carbonyl (C=O) groups excluding carboxylic acids is 1. The van der Waals surface area contributed by atoms with E-state index in [1.54, 1.807) is 6.07 Å². The minimum Gasteiger partial charge on any atom is -0.446 e. The molecule has 1 saturated heterocycles. The fourth-order valence-electron chi connectivity index (χ4n) is 2.09. The lowest BCUT2D eigenvalue weighted by atomic mass is 9.93. The summed E-state index contributed by atoms with van der Waals surface area (Å²) < 4.78 is 16.8. The Morgan fingerprint density at radius 3 is 2.75 bits per heavy atom. The number of esters is 1. The molecule has 1 aromatic carbocycles. The second kappa shape index (κ2) is 3.55. The highest BCUT2D eigenvalue weighted by Gasteiger charge is 2.47. The molecule has 4 nitrogen and oxygen atoms in total. The molecule has 0 aliphatic carbocycles. The van der Waals surface area contributed by atoms with Gasteiger partial charge in [0.2, 0.25) is 0 Å². The largest absolute Gasteiger partial charge is 0.446 e. The van der Waals surface area contributed by atoms with E-state index in [0.29, 0.717) is 18.8 Å². The highest BCUT2D eigenvalue weighted by molar-refractivity contribution is 9.10. The average Bonchev–Trinajstić information content (AvgIpc) is 2.53. The minimum absolute atomic E-state index is 0.253. The van der Waals surface area contributed by atoms with Crippen LogP contribution in [0.15, 0.2) is 22.7 Å². The molecule has 2 aliphatic heterocycles. The molecule has 0 atom stereocenters. The number of hydrogen-bond acceptors (Lipinski definition) is 4. The number of fused-ring (bicyclic) bond motifs is 2. The van der Waals surface area contributed by atoms with Crippen molar-refractivity contribution in [2.24, 2.45) is 0 Å². The zero-order valence-corrected chi connectivity index (χ0v) is 9.95. The maximum atomic E-state index is 11.7. The molecule has 1 fully saturated rings. The monoisotopic (exact) mass is 284 g/mol. The molecule has 0 unspecified atom stereocenters. The molecule has 0 radical (unpaired) electrons. The van der Waals surface area contributed by atoms with Crippen LogP contribution >= 0.6 is 15.9 Å². The van der Waals surface area contributed by atoms with Crippen LogP contribution in [0.2, 0.25) is 0 Å². The lowest BCUT2D eigenvalue weighted by molar-refractivity contribution is -0.200. The van der Waals surface area contributed by atoms with Crippen molar-refractivity contribution in [3.63, 3.8) is 0 Å². The van der Waals surface area contributed by atoms with Gasteiger partial charge in [-0.2, -0.15) is 0 Å². The summed E-state index contributed by atoms with van der Waals surface area (Å²) >= 11 is 3.39. The van der Waals surface area contributed by atoms with E-state index >= 15 is 0 Å².